The molecule has 6 nitrogen and oxygen atoms in total. The summed E-state index contributed by atoms with van der Waals surface area (Å²) in [5.74, 6) is 0. The van der Waals surface area contributed by atoms with Crippen molar-refractivity contribution in [2.45, 2.75) is 120 Å². The monoisotopic (exact) mass is 628 g/mol. The van der Waals surface area contributed by atoms with Gasteiger partial charge >= 0.3 is 0 Å². The molecule has 3 aliphatic rings. The van der Waals surface area contributed by atoms with Crippen LogP contribution in [0.4, 0.5) is 0 Å². The van der Waals surface area contributed by atoms with E-state index in [1.165, 1.54) is 28.0 Å². The van der Waals surface area contributed by atoms with Gasteiger partial charge in [0.25, 0.3) is 0 Å². The van der Waals surface area contributed by atoms with Crippen LogP contribution in [0.25, 0.3) is 11.1 Å². The van der Waals surface area contributed by atoms with Crippen LogP contribution in [0.2, 0.25) is 0 Å². The first-order valence-corrected chi connectivity index (χ1v) is 17.2. The number of hydrogen-bond donors (Lipinski definition) is 2. The summed E-state index contributed by atoms with van der Waals surface area (Å²) < 4.78 is 0. The molecule has 2 N–H and O–H groups in total. The maximum Gasteiger partial charge on any atom is 0.134 e. The fourth-order valence-corrected chi connectivity index (χ4v) is 11.9. The van der Waals surface area contributed by atoms with E-state index in [4.69, 9.17) is 22.1 Å². The molecular formula is C31H54FeN6P2-2. The Bertz CT molecular complexity index is 929. The maximum atomic E-state index is 6.25. The van der Waals surface area contributed by atoms with Crippen LogP contribution >= 0.6 is 15.8 Å². The third-order valence-electron chi connectivity index (χ3n) is 7.33. The van der Waals surface area contributed by atoms with Crippen LogP contribution < -0.4 is 0 Å². The number of nitrogens with one attached hydrogen (secondary N) is 2. The van der Waals surface area contributed by atoms with E-state index in [0.29, 0.717) is 22.6 Å². The van der Waals surface area contributed by atoms with Crippen LogP contribution in [0, 0.1) is 28.6 Å². The van der Waals surface area contributed by atoms with Crippen molar-refractivity contribution in [2.24, 2.45) is 10.8 Å². The van der Waals surface area contributed by atoms with Gasteiger partial charge in [-0.2, -0.15) is 0 Å². The molecule has 9 heteroatoms. The number of allylic oxidation sites excluding steroid dienone is 6. The number of nitrogens with zero attached hydrogens (tertiary/aromatic N) is 4. The fourth-order valence-electron chi connectivity index (χ4n) is 5.62. The minimum atomic E-state index is -0.758. The van der Waals surface area contributed by atoms with Crippen molar-refractivity contribution >= 4 is 15.8 Å². The smallest absolute Gasteiger partial charge is 0.134 e. The predicted molar refractivity (Wildman–Crippen MR) is 174 cm³/mol. The molecule has 0 aromatic heterocycles. The second-order valence-electron chi connectivity index (χ2n) is 13.7. The van der Waals surface area contributed by atoms with E-state index in [1.54, 1.807) is 5.44 Å². The zero-order valence-electron chi connectivity index (χ0n) is 27.3. The van der Waals surface area contributed by atoms with E-state index in [2.05, 4.69) is 138 Å². The van der Waals surface area contributed by atoms with Crippen LogP contribution in [0.1, 0.15) is 96.9 Å². The normalized spacial score (nSPS) is 17.1. The summed E-state index contributed by atoms with van der Waals surface area (Å²) in [6.45, 7) is 36.0. The molecule has 0 amide bonds. The Balaban J connectivity index is 0.00000291. The molecule has 3 rings (SSSR count). The van der Waals surface area contributed by atoms with Crippen molar-refractivity contribution < 1.29 is 17.1 Å². The maximum absolute atomic E-state index is 6.25. The van der Waals surface area contributed by atoms with E-state index in [-0.39, 0.29) is 35.8 Å². The van der Waals surface area contributed by atoms with E-state index in [9.17, 15) is 0 Å². The van der Waals surface area contributed by atoms with Crippen LogP contribution in [0.5, 0.6) is 0 Å². The summed E-state index contributed by atoms with van der Waals surface area (Å²) in [7, 11) is -1.05. The fraction of sp³-hybridized carbons (Fsp3) is 0.645. The van der Waals surface area contributed by atoms with Crippen molar-refractivity contribution in [3.8, 4) is 0 Å². The summed E-state index contributed by atoms with van der Waals surface area (Å²) in [4.78, 5) is 5.16. The summed E-state index contributed by atoms with van der Waals surface area (Å²) in [5, 5.41) is 0. The standard InChI is InChI=1S/C31H51N2P2.Fe.2HN2/c1-20(2)34(21(3)4)28-17-24(30(9,10)11)15-26-27-16-25(31(12,13)14)18-29(33(27)19-32(26)28)35(22(5)6)23(7)8;;2*1-2/h15-23H,1-14H3;;2*1H/q-1;;2*-1/p+1. The Morgan fingerprint density at radius 1 is 0.675 bits per heavy atom. The first-order valence-electron chi connectivity index (χ1n) is 14.1. The summed E-state index contributed by atoms with van der Waals surface area (Å²) in [6.07, 6.45) is 10.1. The van der Waals surface area contributed by atoms with Gasteiger partial charge in [0.15, 0.2) is 0 Å². The van der Waals surface area contributed by atoms with Gasteiger partial charge in [-0.25, -0.2) is 0 Å². The van der Waals surface area contributed by atoms with Gasteiger partial charge in [0.2, 0.25) is 0 Å². The molecule has 0 saturated heterocycles. The molecule has 40 heavy (non-hydrogen) atoms. The Labute approximate surface area is 258 Å². The minimum absolute atomic E-state index is 0. The van der Waals surface area contributed by atoms with Gasteiger partial charge in [0.05, 0.1) is 19.2 Å². The molecule has 0 radical (unpaired) electrons. The van der Waals surface area contributed by atoms with Gasteiger partial charge in [0.1, 0.15) is 5.44 Å². The Kier molecular flexibility index (Phi) is 14.9. The predicted octanol–water partition coefficient (Wildman–Crippen LogP) is 11.1. The molecule has 0 aromatic carbocycles. The van der Waals surface area contributed by atoms with E-state index < -0.39 is 7.92 Å². The Morgan fingerprint density at radius 3 is 1.40 bits per heavy atom. The Hall–Kier alpha value is -1.12. The molecule has 0 aliphatic carbocycles. The molecule has 0 atom stereocenters. The Morgan fingerprint density at radius 2 is 1.05 bits per heavy atom. The van der Waals surface area contributed by atoms with Crippen LogP contribution in [-0.2, 0) is 17.1 Å². The van der Waals surface area contributed by atoms with E-state index in [0.717, 1.165) is 0 Å². The number of hydrogen-bond acceptors (Lipinski definition) is 4. The summed E-state index contributed by atoms with van der Waals surface area (Å²) in [6, 6.07) is 0. The first-order chi connectivity index (χ1) is 17.9. The van der Waals surface area contributed by atoms with Gasteiger partial charge in [-0.1, -0.05) is 77.2 Å². The number of rotatable bonds is 6. The quantitative estimate of drug-likeness (QED) is 0.132. The average Bonchev–Trinajstić information content (AvgIpc) is 3.19. The summed E-state index contributed by atoms with van der Waals surface area (Å²) in [5.41, 5.74) is 33.7. The van der Waals surface area contributed by atoms with Crippen molar-refractivity contribution in [1.29, 1.82) is 11.1 Å². The van der Waals surface area contributed by atoms with Gasteiger partial charge < -0.3 is 31.9 Å². The minimum Gasteiger partial charge on any atom is -0.715 e. The molecule has 0 unspecified atom stereocenters. The van der Waals surface area contributed by atoms with Crippen LogP contribution in [0.3, 0.4) is 0 Å². The van der Waals surface area contributed by atoms with E-state index in [1.807, 2.05) is 0 Å². The number of fused-ring (bicyclic) bond motifs is 2. The second-order valence-corrected chi connectivity index (χ2v) is 20.8. The van der Waals surface area contributed by atoms with Gasteiger partial charge in [-0.3, -0.25) is 0 Å². The topological polar surface area (TPSA) is 98.8 Å². The molecule has 0 saturated carbocycles. The molecule has 0 bridgehead atoms. The molecule has 0 fully saturated rings. The molecular weight excluding hydrogens is 574 g/mol. The van der Waals surface area contributed by atoms with Crippen LogP contribution in [-0.4, -0.2) is 32.4 Å². The van der Waals surface area contributed by atoms with Gasteiger partial charge in [-0.15, -0.1) is 6.67 Å². The van der Waals surface area contributed by atoms with Crippen LogP contribution in [0.15, 0.2) is 57.7 Å². The third-order valence-corrected chi connectivity index (χ3v) is 13.9. The SMILES string of the molecule is CC(C)P(C1=CC(C(C)(C)C)=CC2=C3C=C(C(C)(C)C)C=C([PH+](C(C)C)C(C)C)N3[CH-]N12)C(C)C.[Fe].[N-]=N.[N-]=N. The van der Waals surface area contributed by atoms with Crippen molar-refractivity contribution in [2.75, 3.05) is 0 Å². The third kappa shape index (κ3) is 8.47. The molecule has 3 aliphatic heterocycles. The zero-order chi connectivity index (χ0) is 30.6. The zero-order valence-corrected chi connectivity index (χ0v) is 30.3. The van der Waals surface area contributed by atoms with Gasteiger partial charge in [-0.05, 0) is 85.3 Å². The van der Waals surface area contributed by atoms with Crippen molar-refractivity contribution in [3.05, 3.63) is 75.5 Å². The molecule has 228 valence electrons. The van der Waals surface area contributed by atoms with E-state index >= 15 is 0 Å². The average molecular weight is 629 g/mol. The molecule has 0 spiro atoms. The summed E-state index contributed by atoms with van der Waals surface area (Å²) >= 11 is 0. The van der Waals surface area contributed by atoms with Crippen molar-refractivity contribution in [1.82, 2.24) is 9.80 Å². The molecule has 0 aromatic rings. The second kappa shape index (κ2) is 15.4. The van der Waals surface area contributed by atoms with Crippen molar-refractivity contribution in [3.63, 3.8) is 0 Å². The van der Waals surface area contributed by atoms with Gasteiger partial charge in [0, 0.05) is 33.9 Å². The first kappa shape index (κ1) is 38.9. The molecule has 3 heterocycles. The largest absolute Gasteiger partial charge is 0.715 e.